The molecular weight excluding hydrogens is 300 g/mol. The molecule has 0 atom stereocenters. The van der Waals surface area contributed by atoms with Crippen molar-refractivity contribution in [3.8, 4) is 0 Å². The van der Waals surface area contributed by atoms with E-state index in [1.165, 1.54) is 18.4 Å². The Kier molecular flexibility index (Phi) is 5.51. The molecule has 0 unspecified atom stereocenters. The van der Waals surface area contributed by atoms with Crippen LogP contribution in [0.4, 0.5) is 5.69 Å². The van der Waals surface area contributed by atoms with E-state index in [0.717, 1.165) is 0 Å². The summed E-state index contributed by atoms with van der Waals surface area (Å²) in [6, 6.07) is 9.81. The fourth-order valence-corrected chi connectivity index (χ4v) is 1.84. The molecule has 7 heteroatoms. The Labute approximate surface area is 132 Å². The number of benzene rings is 1. The van der Waals surface area contributed by atoms with Crippen molar-refractivity contribution in [3.63, 3.8) is 0 Å². The highest BCUT2D eigenvalue weighted by Crippen LogP contribution is 2.15. The minimum absolute atomic E-state index is 0.0948. The van der Waals surface area contributed by atoms with Gasteiger partial charge in [-0.25, -0.2) is 4.79 Å². The number of hydrogen-bond acceptors (Lipinski definition) is 5. The summed E-state index contributed by atoms with van der Waals surface area (Å²) in [5, 5.41) is 5.04. The van der Waals surface area contributed by atoms with Gasteiger partial charge in [0.1, 0.15) is 5.76 Å². The van der Waals surface area contributed by atoms with E-state index in [4.69, 9.17) is 4.42 Å². The van der Waals surface area contributed by atoms with Gasteiger partial charge in [-0.3, -0.25) is 9.59 Å². The van der Waals surface area contributed by atoms with Gasteiger partial charge >= 0.3 is 11.9 Å². The normalized spacial score (nSPS) is 9.96. The Morgan fingerprint density at radius 2 is 1.91 bits per heavy atom. The van der Waals surface area contributed by atoms with Crippen molar-refractivity contribution in [2.45, 2.75) is 13.5 Å². The van der Waals surface area contributed by atoms with Crippen molar-refractivity contribution in [3.05, 3.63) is 54.0 Å². The SMILES string of the molecule is CCOC(=O)C(=O)Nc1ccccc1C(=O)NCc1ccco1. The predicted molar refractivity (Wildman–Crippen MR) is 81.6 cm³/mol. The number of carbonyl (C=O) groups excluding carboxylic acids is 3. The van der Waals surface area contributed by atoms with Crippen molar-refractivity contribution in [2.75, 3.05) is 11.9 Å². The summed E-state index contributed by atoms with van der Waals surface area (Å²) >= 11 is 0. The Bertz CT molecular complexity index is 694. The molecule has 1 aromatic carbocycles. The lowest BCUT2D eigenvalue weighted by molar-refractivity contribution is -0.152. The van der Waals surface area contributed by atoms with Gasteiger partial charge in [0.25, 0.3) is 5.91 Å². The van der Waals surface area contributed by atoms with Crippen LogP contribution in [0.15, 0.2) is 47.1 Å². The molecule has 0 aliphatic carbocycles. The van der Waals surface area contributed by atoms with Crippen molar-refractivity contribution >= 4 is 23.5 Å². The van der Waals surface area contributed by atoms with Crippen LogP contribution in [0.3, 0.4) is 0 Å². The molecule has 0 spiro atoms. The monoisotopic (exact) mass is 316 g/mol. The number of para-hydroxylation sites is 1. The van der Waals surface area contributed by atoms with E-state index in [-0.39, 0.29) is 24.4 Å². The number of carbonyl (C=O) groups is 3. The molecule has 0 saturated carbocycles. The van der Waals surface area contributed by atoms with Crippen LogP contribution < -0.4 is 10.6 Å². The third-order valence-electron chi connectivity index (χ3n) is 2.88. The van der Waals surface area contributed by atoms with E-state index in [1.54, 1.807) is 31.2 Å². The van der Waals surface area contributed by atoms with Gasteiger partial charge in [-0.1, -0.05) is 12.1 Å². The highest BCUT2D eigenvalue weighted by molar-refractivity contribution is 6.37. The second-order valence-electron chi connectivity index (χ2n) is 4.48. The summed E-state index contributed by atoms with van der Waals surface area (Å²) in [4.78, 5) is 35.3. The topological polar surface area (TPSA) is 97.6 Å². The molecule has 1 aromatic heterocycles. The van der Waals surface area contributed by atoms with Crippen LogP contribution in [0.5, 0.6) is 0 Å². The number of ether oxygens (including phenoxy) is 1. The van der Waals surface area contributed by atoms with Gasteiger partial charge in [0.05, 0.1) is 30.7 Å². The number of hydrogen-bond donors (Lipinski definition) is 2. The predicted octanol–water partition coefficient (Wildman–Crippen LogP) is 1.71. The summed E-state index contributed by atoms with van der Waals surface area (Å²) in [5.74, 6) is -1.73. The van der Waals surface area contributed by atoms with Crippen LogP contribution >= 0.6 is 0 Å². The average molecular weight is 316 g/mol. The summed E-state index contributed by atoms with van der Waals surface area (Å²) in [7, 11) is 0. The second-order valence-corrected chi connectivity index (χ2v) is 4.48. The van der Waals surface area contributed by atoms with Gasteiger partial charge in [-0.05, 0) is 31.2 Å². The minimum atomic E-state index is -1.00. The van der Waals surface area contributed by atoms with Crippen molar-refractivity contribution in [1.29, 1.82) is 0 Å². The lowest BCUT2D eigenvalue weighted by Crippen LogP contribution is -2.28. The first-order chi connectivity index (χ1) is 11.1. The lowest BCUT2D eigenvalue weighted by Gasteiger charge is -2.10. The van der Waals surface area contributed by atoms with E-state index < -0.39 is 17.8 Å². The molecule has 0 fully saturated rings. The number of rotatable bonds is 5. The molecule has 1 heterocycles. The van der Waals surface area contributed by atoms with Crippen LogP contribution in [0, 0.1) is 0 Å². The molecule has 0 saturated heterocycles. The van der Waals surface area contributed by atoms with E-state index in [2.05, 4.69) is 15.4 Å². The maximum Gasteiger partial charge on any atom is 0.397 e. The maximum absolute atomic E-state index is 12.2. The van der Waals surface area contributed by atoms with E-state index in [0.29, 0.717) is 5.76 Å². The molecule has 0 aliphatic heterocycles. The average Bonchev–Trinajstić information content (AvgIpc) is 3.06. The molecule has 23 heavy (non-hydrogen) atoms. The van der Waals surface area contributed by atoms with Gasteiger partial charge in [0.15, 0.2) is 0 Å². The van der Waals surface area contributed by atoms with Crippen LogP contribution in [0.2, 0.25) is 0 Å². The zero-order chi connectivity index (χ0) is 16.7. The summed E-state index contributed by atoms with van der Waals surface area (Å²) in [6.45, 7) is 1.91. The fraction of sp³-hybridized carbons (Fsp3) is 0.188. The molecule has 120 valence electrons. The van der Waals surface area contributed by atoms with Gasteiger partial charge in [-0.2, -0.15) is 0 Å². The zero-order valence-corrected chi connectivity index (χ0v) is 12.5. The molecular formula is C16H16N2O5. The van der Waals surface area contributed by atoms with Crippen LogP contribution in [0.1, 0.15) is 23.0 Å². The fourth-order valence-electron chi connectivity index (χ4n) is 1.84. The molecule has 7 nitrogen and oxygen atoms in total. The number of furan rings is 1. The molecule has 0 aliphatic rings. The minimum Gasteiger partial charge on any atom is -0.467 e. The van der Waals surface area contributed by atoms with Gasteiger partial charge in [0.2, 0.25) is 0 Å². The highest BCUT2D eigenvalue weighted by Gasteiger charge is 2.18. The first-order valence-corrected chi connectivity index (χ1v) is 6.99. The number of nitrogens with one attached hydrogen (secondary N) is 2. The molecule has 2 rings (SSSR count). The third-order valence-corrected chi connectivity index (χ3v) is 2.88. The van der Waals surface area contributed by atoms with Crippen LogP contribution in [0.25, 0.3) is 0 Å². The van der Waals surface area contributed by atoms with E-state index in [1.807, 2.05) is 0 Å². The zero-order valence-electron chi connectivity index (χ0n) is 12.5. The maximum atomic E-state index is 12.2. The second kappa shape index (κ2) is 7.79. The van der Waals surface area contributed by atoms with Crippen molar-refractivity contribution < 1.29 is 23.5 Å². The third kappa shape index (κ3) is 4.44. The Hall–Kier alpha value is -3.09. The number of esters is 1. The van der Waals surface area contributed by atoms with Gasteiger partial charge in [-0.15, -0.1) is 0 Å². The first kappa shape index (κ1) is 16.3. The number of amides is 2. The van der Waals surface area contributed by atoms with Crippen LogP contribution in [-0.2, 0) is 20.9 Å². The van der Waals surface area contributed by atoms with Crippen LogP contribution in [-0.4, -0.2) is 24.4 Å². The standard InChI is InChI=1S/C16H16N2O5/c1-2-22-16(21)15(20)18-13-8-4-3-7-12(13)14(19)17-10-11-6-5-9-23-11/h3-9H,2,10H2,1H3,(H,17,19)(H,18,20). The first-order valence-electron chi connectivity index (χ1n) is 6.99. The Morgan fingerprint density at radius 1 is 1.13 bits per heavy atom. The summed E-state index contributed by atoms with van der Waals surface area (Å²) < 4.78 is 9.74. The lowest BCUT2D eigenvalue weighted by atomic mass is 10.1. The molecule has 0 bridgehead atoms. The Morgan fingerprint density at radius 3 is 2.61 bits per heavy atom. The molecule has 2 N–H and O–H groups in total. The number of anilines is 1. The largest absolute Gasteiger partial charge is 0.467 e. The molecule has 2 aromatic rings. The van der Waals surface area contributed by atoms with E-state index >= 15 is 0 Å². The van der Waals surface area contributed by atoms with Gasteiger partial charge in [0, 0.05) is 0 Å². The van der Waals surface area contributed by atoms with Crippen molar-refractivity contribution in [1.82, 2.24) is 5.32 Å². The molecule has 0 radical (unpaired) electrons. The Balaban J connectivity index is 2.05. The van der Waals surface area contributed by atoms with Crippen molar-refractivity contribution in [2.24, 2.45) is 0 Å². The summed E-state index contributed by atoms with van der Waals surface area (Å²) in [6.07, 6.45) is 1.51. The van der Waals surface area contributed by atoms with Gasteiger partial charge < -0.3 is 19.8 Å². The molecule has 2 amide bonds. The quantitative estimate of drug-likeness (QED) is 0.646. The summed E-state index contributed by atoms with van der Waals surface area (Å²) in [5.41, 5.74) is 0.458. The highest BCUT2D eigenvalue weighted by atomic mass is 16.5. The van der Waals surface area contributed by atoms with E-state index in [9.17, 15) is 14.4 Å². The smallest absolute Gasteiger partial charge is 0.397 e.